The van der Waals surface area contributed by atoms with Gasteiger partial charge in [-0.2, -0.15) is 0 Å². The van der Waals surface area contributed by atoms with Gasteiger partial charge in [0.25, 0.3) is 0 Å². The molecule has 0 aliphatic carbocycles. The number of esters is 1. The zero-order valence-electron chi connectivity index (χ0n) is 13.1. The van der Waals surface area contributed by atoms with Crippen molar-refractivity contribution in [1.82, 2.24) is 10.2 Å². The lowest BCUT2D eigenvalue weighted by atomic mass is 10.2. The Morgan fingerprint density at radius 3 is 2.68 bits per heavy atom. The second-order valence-electron chi connectivity index (χ2n) is 5.23. The molecule has 1 aliphatic rings. The molecule has 1 heterocycles. The predicted molar refractivity (Wildman–Crippen MR) is 82.1 cm³/mol. The SMILES string of the molecule is CC(=O)OCCN1C(=O)CC(SCCNC(=O)C(C)C)C1=O. The molecule has 1 fully saturated rings. The second kappa shape index (κ2) is 8.77. The lowest BCUT2D eigenvalue weighted by Crippen LogP contribution is -2.35. The molecule has 0 aromatic carbocycles. The number of ether oxygens (including phenoxy) is 1. The van der Waals surface area contributed by atoms with Crippen LogP contribution in [0, 0.1) is 5.92 Å². The van der Waals surface area contributed by atoms with Crippen molar-refractivity contribution < 1.29 is 23.9 Å². The fourth-order valence-corrected chi connectivity index (χ4v) is 2.91. The fourth-order valence-electron chi connectivity index (χ4n) is 1.88. The van der Waals surface area contributed by atoms with Crippen LogP contribution in [0.25, 0.3) is 0 Å². The van der Waals surface area contributed by atoms with Crippen LogP contribution < -0.4 is 5.32 Å². The number of carbonyl (C=O) groups excluding carboxylic acids is 4. The second-order valence-corrected chi connectivity index (χ2v) is 6.54. The minimum absolute atomic E-state index is 0.0225. The van der Waals surface area contributed by atoms with Gasteiger partial charge >= 0.3 is 5.97 Å². The maximum absolute atomic E-state index is 12.1. The van der Waals surface area contributed by atoms with E-state index in [1.54, 1.807) is 0 Å². The summed E-state index contributed by atoms with van der Waals surface area (Å²) in [4.78, 5) is 47.1. The Bertz CT molecular complexity index is 453. The average Bonchev–Trinajstić information content (AvgIpc) is 2.70. The Labute approximate surface area is 134 Å². The average molecular weight is 330 g/mol. The van der Waals surface area contributed by atoms with E-state index >= 15 is 0 Å². The van der Waals surface area contributed by atoms with Gasteiger partial charge in [-0.1, -0.05) is 13.8 Å². The summed E-state index contributed by atoms with van der Waals surface area (Å²) in [6.45, 7) is 5.48. The van der Waals surface area contributed by atoms with Crippen molar-refractivity contribution in [1.29, 1.82) is 0 Å². The van der Waals surface area contributed by atoms with Gasteiger partial charge in [-0.25, -0.2) is 0 Å². The summed E-state index contributed by atoms with van der Waals surface area (Å²) >= 11 is 1.36. The van der Waals surface area contributed by atoms with Gasteiger partial charge in [0.05, 0.1) is 11.8 Å². The zero-order chi connectivity index (χ0) is 16.7. The number of imide groups is 1. The van der Waals surface area contributed by atoms with E-state index in [-0.39, 0.29) is 43.2 Å². The molecule has 0 aromatic rings. The lowest BCUT2D eigenvalue weighted by Gasteiger charge is -2.14. The molecule has 1 atom stereocenters. The summed E-state index contributed by atoms with van der Waals surface area (Å²) in [7, 11) is 0. The molecule has 22 heavy (non-hydrogen) atoms. The molecule has 0 spiro atoms. The number of nitrogens with zero attached hydrogens (tertiary/aromatic N) is 1. The minimum atomic E-state index is -0.439. The van der Waals surface area contributed by atoms with Gasteiger partial charge in [0.1, 0.15) is 6.61 Å². The molecule has 3 amide bonds. The molecule has 1 unspecified atom stereocenters. The Hall–Kier alpha value is -1.57. The number of rotatable bonds is 8. The van der Waals surface area contributed by atoms with E-state index in [9.17, 15) is 19.2 Å². The Kier molecular flexibility index (Phi) is 7.37. The van der Waals surface area contributed by atoms with E-state index in [0.717, 1.165) is 4.90 Å². The highest BCUT2D eigenvalue weighted by molar-refractivity contribution is 8.00. The van der Waals surface area contributed by atoms with E-state index in [2.05, 4.69) is 5.32 Å². The quantitative estimate of drug-likeness (QED) is 0.388. The summed E-state index contributed by atoms with van der Waals surface area (Å²) in [5.74, 6) is -0.474. The van der Waals surface area contributed by atoms with Crippen LogP contribution in [0.4, 0.5) is 0 Å². The number of likely N-dealkylation sites (tertiary alicyclic amines) is 1. The first kappa shape index (κ1) is 18.5. The van der Waals surface area contributed by atoms with Crippen LogP contribution in [0.2, 0.25) is 0 Å². The molecular weight excluding hydrogens is 308 g/mol. The number of carbonyl (C=O) groups is 4. The monoisotopic (exact) mass is 330 g/mol. The molecule has 7 nitrogen and oxygen atoms in total. The summed E-state index contributed by atoms with van der Waals surface area (Å²) in [6.07, 6.45) is 0.154. The summed E-state index contributed by atoms with van der Waals surface area (Å²) in [5.41, 5.74) is 0. The summed E-state index contributed by atoms with van der Waals surface area (Å²) < 4.78 is 4.74. The van der Waals surface area contributed by atoms with Crippen LogP contribution in [0.1, 0.15) is 27.2 Å². The number of hydrogen-bond acceptors (Lipinski definition) is 6. The highest BCUT2D eigenvalue weighted by atomic mass is 32.2. The lowest BCUT2D eigenvalue weighted by molar-refractivity contribution is -0.146. The van der Waals surface area contributed by atoms with Gasteiger partial charge in [0.15, 0.2) is 0 Å². The first-order chi connectivity index (χ1) is 10.3. The largest absolute Gasteiger partial charge is 0.464 e. The highest BCUT2D eigenvalue weighted by Crippen LogP contribution is 2.24. The molecule has 0 aromatic heterocycles. The maximum Gasteiger partial charge on any atom is 0.302 e. The highest BCUT2D eigenvalue weighted by Gasteiger charge is 2.38. The van der Waals surface area contributed by atoms with Crippen molar-refractivity contribution in [2.75, 3.05) is 25.4 Å². The van der Waals surface area contributed by atoms with E-state index in [4.69, 9.17) is 4.74 Å². The van der Waals surface area contributed by atoms with Crippen molar-refractivity contribution in [3.63, 3.8) is 0 Å². The van der Waals surface area contributed by atoms with Crippen LogP contribution in [0.15, 0.2) is 0 Å². The van der Waals surface area contributed by atoms with Crippen molar-refractivity contribution in [2.45, 2.75) is 32.4 Å². The molecular formula is C14H22N2O5S. The van der Waals surface area contributed by atoms with Crippen molar-refractivity contribution in [2.24, 2.45) is 5.92 Å². The van der Waals surface area contributed by atoms with Gasteiger partial charge in [0, 0.05) is 31.6 Å². The van der Waals surface area contributed by atoms with Crippen molar-refractivity contribution >= 4 is 35.5 Å². The van der Waals surface area contributed by atoms with Gasteiger partial charge in [-0.3, -0.25) is 24.1 Å². The Morgan fingerprint density at radius 1 is 1.41 bits per heavy atom. The number of hydrogen-bond donors (Lipinski definition) is 1. The Balaban J connectivity index is 2.31. The number of nitrogens with one attached hydrogen (secondary N) is 1. The number of amides is 3. The molecule has 1 rings (SSSR count). The molecule has 1 saturated heterocycles. The van der Waals surface area contributed by atoms with Crippen LogP contribution in [0.5, 0.6) is 0 Å². The van der Waals surface area contributed by atoms with Gasteiger partial charge in [-0.15, -0.1) is 11.8 Å². The van der Waals surface area contributed by atoms with Crippen LogP contribution >= 0.6 is 11.8 Å². The van der Waals surface area contributed by atoms with Crippen LogP contribution in [-0.4, -0.2) is 59.3 Å². The van der Waals surface area contributed by atoms with Gasteiger partial charge < -0.3 is 10.1 Å². The third kappa shape index (κ3) is 5.67. The predicted octanol–water partition coefficient (Wildman–Crippen LogP) is 0.182. The summed E-state index contributed by atoms with van der Waals surface area (Å²) in [5, 5.41) is 2.35. The molecule has 1 N–H and O–H groups in total. The molecule has 8 heteroatoms. The first-order valence-electron chi connectivity index (χ1n) is 7.19. The van der Waals surface area contributed by atoms with Crippen LogP contribution in [-0.2, 0) is 23.9 Å². The molecule has 124 valence electrons. The fraction of sp³-hybridized carbons (Fsp3) is 0.714. The van der Waals surface area contributed by atoms with E-state index < -0.39 is 11.2 Å². The van der Waals surface area contributed by atoms with E-state index in [1.165, 1.54) is 18.7 Å². The maximum atomic E-state index is 12.1. The van der Waals surface area contributed by atoms with Crippen LogP contribution in [0.3, 0.4) is 0 Å². The molecule has 0 saturated carbocycles. The normalized spacial score (nSPS) is 18.0. The molecule has 0 radical (unpaired) electrons. The smallest absolute Gasteiger partial charge is 0.302 e. The standard InChI is InChI=1S/C14H22N2O5S/c1-9(2)13(19)15-4-7-22-11-8-12(18)16(14(11)20)5-6-21-10(3)17/h9,11H,4-8H2,1-3H3,(H,15,19). The number of thioether (sulfide) groups is 1. The van der Waals surface area contributed by atoms with Gasteiger partial charge in [-0.05, 0) is 0 Å². The Morgan fingerprint density at radius 2 is 2.09 bits per heavy atom. The van der Waals surface area contributed by atoms with E-state index in [1.807, 2.05) is 13.8 Å². The minimum Gasteiger partial charge on any atom is -0.464 e. The summed E-state index contributed by atoms with van der Waals surface area (Å²) in [6, 6.07) is 0. The topological polar surface area (TPSA) is 92.8 Å². The van der Waals surface area contributed by atoms with E-state index in [0.29, 0.717) is 12.3 Å². The van der Waals surface area contributed by atoms with Crippen molar-refractivity contribution in [3.8, 4) is 0 Å². The third-order valence-corrected chi connectivity index (χ3v) is 4.28. The molecule has 0 bridgehead atoms. The third-order valence-electron chi connectivity index (χ3n) is 3.07. The first-order valence-corrected chi connectivity index (χ1v) is 8.24. The zero-order valence-corrected chi connectivity index (χ0v) is 13.9. The van der Waals surface area contributed by atoms with Gasteiger partial charge in [0.2, 0.25) is 17.7 Å². The van der Waals surface area contributed by atoms with Crippen molar-refractivity contribution in [3.05, 3.63) is 0 Å². The molecule has 1 aliphatic heterocycles.